The molecule has 0 aliphatic carbocycles. The number of rotatable bonds is 8. The maximum atomic E-state index is 11.9. The second-order valence-electron chi connectivity index (χ2n) is 4.41. The average Bonchev–Trinajstić information content (AvgIpc) is 2.79. The van der Waals surface area contributed by atoms with E-state index in [2.05, 4.69) is 20.8 Å². The maximum absolute atomic E-state index is 11.9. The summed E-state index contributed by atoms with van der Waals surface area (Å²) < 4.78 is 1.82. The number of nitrogens with zero attached hydrogens (tertiary/aromatic N) is 3. The Bertz CT molecular complexity index is 449. The van der Waals surface area contributed by atoms with Crippen LogP contribution in [0.3, 0.4) is 0 Å². The number of amides is 2. The van der Waals surface area contributed by atoms with Crippen molar-refractivity contribution in [3.8, 4) is 0 Å². The second kappa shape index (κ2) is 8.57. The molecule has 0 aliphatic rings. The standard InChI is InChI=1S/C12H21N5O2S/c1-4-5-10(15-9(2)18)11(19)13-6-7-20-12-16-14-8-17(12)3/h8,10H,4-7H2,1-3H3,(H,13,19)(H,15,18)/t10-/m0/s1. The van der Waals surface area contributed by atoms with Crippen molar-refractivity contribution in [3.05, 3.63) is 6.33 Å². The summed E-state index contributed by atoms with van der Waals surface area (Å²) in [5.41, 5.74) is 0. The van der Waals surface area contributed by atoms with E-state index in [-0.39, 0.29) is 11.8 Å². The number of thioether (sulfide) groups is 1. The molecule has 2 amide bonds. The first kappa shape index (κ1) is 16.5. The molecule has 0 bridgehead atoms. The summed E-state index contributed by atoms with van der Waals surface area (Å²) in [6.45, 7) is 3.92. The van der Waals surface area contributed by atoms with Gasteiger partial charge in [0.05, 0.1) is 0 Å². The summed E-state index contributed by atoms with van der Waals surface area (Å²) in [4.78, 5) is 23.0. The number of carbonyl (C=O) groups is 2. The summed E-state index contributed by atoms with van der Waals surface area (Å²) in [5, 5.41) is 14.0. The lowest BCUT2D eigenvalue weighted by Crippen LogP contribution is -2.46. The molecule has 2 N–H and O–H groups in total. The van der Waals surface area contributed by atoms with Crippen molar-refractivity contribution in [2.45, 2.75) is 37.9 Å². The van der Waals surface area contributed by atoms with Gasteiger partial charge in [0.2, 0.25) is 11.8 Å². The van der Waals surface area contributed by atoms with Crippen molar-refractivity contribution >= 4 is 23.6 Å². The monoisotopic (exact) mass is 299 g/mol. The first-order valence-corrected chi connectivity index (χ1v) is 7.54. The van der Waals surface area contributed by atoms with E-state index in [0.717, 1.165) is 11.6 Å². The van der Waals surface area contributed by atoms with Gasteiger partial charge in [-0.25, -0.2) is 0 Å². The number of hydrogen-bond acceptors (Lipinski definition) is 5. The number of nitrogens with one attached hydrogen (secondary N) is 2. The highest BCUT2D eigenvalue weighted by atomic mass is 32.2. The van der Waals surface area contributed by atoms with Gasteiger partial charge in [-0.2, -0.15) is 0 Å². The van der Waals surface area contributed by atoms with Crippen LogP contribution >= 0.6 is 11.8 Å². The van der Waals surface area contributed by atoms with Crippen molar-refractivity contribution in [2.24, 2.45) is 7.05 Å². The third kappa shape index (κ3) is 5.60. The smallest absolute Gasteiger partial charge is 0.242 e. The molecule has 20 heavy (non-hydrogen) atoms. The zero-order chi connectivity index (χ0) is 15.0. The largest absolute Gasteiger partial charge is 0.353 e. The summed E-state index contributed by atoms with van der Waals surface area (Å²) >= 11 is 1.52. The highest BCUT2D eigenvalue weighted by Crippen LogP contribution is 2.11. The molecular weight excluding hydrogens is 278 g/mol. The molecule has 112 valence electrons. The van der Waals surface area contributed by atoms with Crippen molar-refractivity contribution in [2.75, 3.05) is 12.3 Å². The highest BCUT2D eigenvalue weighted by molar-refractivity contribution is 7.99. The van der Waals surface area contributed by atoms with E-state index in [9.17, 15) is 9.59 Å². The van der Waals surface area contributed by atoms with Crippen LogP contribution in [0.15, 0.2) is 11.5 Å². The van der Waals surface area contributed by atoms with E-state index in [4.69, 9.17) is 0 Å². The Kier molecular flexibility index (Phi) is 7.06. The van der Waals surface area contributed by atoms with Crippen LogP contribution in [0.5, 0.6) is 0 Å². The van der Waals surface area contributed by atoms with E-state index in [1.165, 1.54) is 18.7 Å². The van der Waals surface area contributed by atoms with Crippen LogP contribution in [0.4, 0.5) is 0 Å². The summed E-state index contributed by atoms with van der Waals surface area (Å²) in [5.74, 6) is 0.379. The van der Waals surface area contributed by atoms with Crippen molar-refractivity contribution in [1.82, 2.24) is 25.4 Å². The maximum Gasteiger partial charge on any atom is 0.242 e. The van der Waals surface area contributed by atoms with Gasteiger partial charge >= 0.3 is 0 Å². The molecule has 0 unspecified atom stereocenters. The van der Waals surface area contributed by atoms with Gasteiger partial charge in [0.25, 0.3) is 0 Å². The Balaban J connectivity index is 2.30. The Labute approximate surface area is 122 Å². The molecule has 8 heteroatoms. The molecule has 0 aliphatic heterocycles. The first-order valence-electron chi connectivity index (χ1n) is 6.56. The molecule has 1 atom stereocenters. The van der Waals surface area contributed by atoms with E-state index in [0.29, 0.717) is 18.7 Å². The number of hydrogen-bond donors (Lipinski definition) is 2. The van der Waals surface area contributed by atoms with E-state index < -0.39 is 6.04 Å². The first-order chi connectivity index (χ1) is 9.54. The van der Waals surface area contributed by atoms with Crippen molar-refractivity contribution < 1.29 is 9.59 Å². The SMILES string of the molecule is CCC[C@H](NC(C)=O)C(=O)NCCSc1nncn1C. The minimum atomic E-state index is -0.447. The van der Waals surface area contributed by atoms with Gasteiger partial charge in [-0.1, -0.05) is 25.1 Å². The van der Waals surface area contributed by atoms with Gasteiger partial charge in [-0.15, -0.1) is 10.2 Å². The average molecular weight is 299 g/mol. The molecule has 7 nitrogen and oxygen atoms in total. The molecular formula is C12H21N5O2S. The fourth-order valence-corrected chi connectivity index (χ4v) is 2.39. The zero-order valence-electron chi connectivity index (χ0n) is 12.0. The molecule has 1 rings (SSSR count). The second-order valence-corrected chi connectivity index (χ2v) is 5.47. The molecule has 0 saturated heterocycles. The molecule has 1 heterocycles. The lowest BCUT2D eigenvalue weighted by molar-refractivity contribution is -0.128. The fraction of sp³-hybridized carbons (Fsp3) is 0.667. The number of carbonyl (C=O) groups excluding carboxylic acids is 2. The minimum Gasteiger partial charge on any atom is -0.353 e. The van der Waals surface area contributed by atoms with Crippen LogP contribution in [-0.4, -0.2) is 44.9 Å². The highest BCUT2D eigenvalue weighted by Gasteiger charge is 2.17. The van der Waals surface area contributed by atoms with E-state index in [1.54, 1.807) is 6.33 Å². The van der Waals surface area contributed by atoms with Gasteiger partial charge in [-0.05, 0) is 6.42 Å². The summed E-state index contributed by atoms with van der Waals surface area (Å²) in [6.07, 6.45) is 3.11. The Morgan fingerprint density at radius 2 is 2.25 bits per heavy atom. The fourth-order valence-electron chi connectivity index (χ4n) is 1.65. The van der Waals surface area contributed by atoms with Gasteiger partial charge in [-0.3, -0.25) is 9.59 Å². The predicted octanol–water partition coefficient (Wildman–Crippen LogP) is 0.328. The number of aryl methyl sites for hydroxylation is 1. The lowest BCUT2D eigenvalue weighted by atomic mass is 10.1. The van der Waals surface area contributed by atoms with Crippen LogP contribution in [0.1, 0.15) is 26.7 Å². The normalized spacial score (nSPS) is 11.9. The molecule has 0 saturated carbocycles. The van der Waals surface area contributed by atoms with Crippen LogP contribution in [0, 0.1) is 0 Å². The lowest BCUT2D eigenvalue weighted by Gasteiger charge is -2.16. The van der Waals surface area contributed by atoms with Gasteiger partial charge < -0.3 is 15.2 Å². The summed E-state index contributed by atoms with van der Waals surface area (Å²) in [6, 6.07) is -0.447. The van der Waals surface area contributed by atoms with Crippen LogP contribution in [-0.2, 0) is 16.6 Å². The zero-order valence-corrected chi connectivity index (χ0v) is 12.9. The van der Waals surface area contributed by atoms with Gasteiger partial charge in [0, 0.05) is 26.3 Å². The molecule has 0 radical (unpaired) electrons. The van der Waals surface area contributed by atoms with E-state index >= 15 is 0 Å². The topological polar surface area (TPSA) is 88.9 Å². The van der Waals surface area contributed by atoms with Crippen LogP contribution in [0.2, 0.25) is 0 Å². The van der Waals surface area contributed by atoms with Crippen molar-refractivity contribution in [1.29, 1.82) is 0 Å². The van der Waals surface area contributed by atoms with Gasteiger partial charge in [0.15, 0.2) is 5.16 Å². The molecule has 0 fully saturated rings. The third-order valence-electron chi connectivity index (χ3n) is 2.57. The molecule has 0 spiro atoms. The Morgan fingerprint density at radius 3 is 2.80 bits per heavy atom. The van der Waals surface area contributed by atoms with E-state index in [1.807, 2.05) is 18.5 Å². The van der Waals surface area contributed by atoms with Crippen LogP contribution in [0.25, 0.3) is 0 Å². The molecule has 1 aromatic rings. The van der Waals surface area contributed by atoms with Gasteiger partial charge in [0.1, 0.15) is 12.4 Å². The Morgan fingerprint density at radius 1 is 1.50 bits per heavy atom. The minimum absolute atomic E-state index is 0.138. The third-order valence-corrected chi connectivity index (χ3v) is 3.61. The quantitative estimate of drug-likeness (QED) is 0.533. The van der Waals surface area contributed by atoms with Crippen molar-refractivity contribution in [3.63, 3.8) is 0 Å². The predicted molar refractivity (Wildman–Crippen MR) is 77.2 cm³/mol. The summed E-state index contributed by atoms with van der Waals surface area (Å²) in [7, 11) is 1.87. The van der Waals surface area contributed by atoms with Crippen LogP contribution < -0.4 is 10.6 Å². The Hall–Kier alpha value is -1.57. The number of aromatic nitrogens is 3. The molecule has 1 aromatic heterocycles. The molecule has 0 aromatic carbocycles.